The summed E-state index contributed by atoms with van der Waals surface area (Å²) in [6, 6.07) is 7.60. The number of likely N-dealkylation sites (N-methyl/N-ethyl adjacent to an activating group) is 1. The van der Waals surface area contributed by atoms with E-state index in [9.17, 15) is 9.90 Å². The number of carbonyl (C=O) groups excluding carboxylic acids is 1. The minimum absolute atomic E-state index is 0.0331. The van der Waals surface area contributed by atoms with Crippen molar-refractivity contribution >= 4 is 5.91 Å². The number of nitrogens with zero attached hydrogens (tertiary/aromatic N) is 2. The third-order valence-corrected chi connectivity index (χ3v) is 4.42. The molecule has 1 saturated heterocycles. The lowest BCUT2D eigenvalue weighted by Gasteiger charge is -2.23. The van der Waals surface area contributed by atoms with Gasteiger partial charge in [-0.3, -0.25) is 4.79 Å². The molecule has 2 rings (SSSR count). The zero-order valence-electron chi connectivity index (χ0n) is 13.4. The molecule has 2 unspecified atom stereocenters. The number of aliphatic hydroxyl groups is 2. The second kappa shape index (κ2) is 7.72. The molecular weight excluding hydrogens is 280 g/mol. The maximum atomic E-state index is 12.6. The first-order valence-electron chi connectivity index (χ1n) is 7.81. The highest BCUT2D eigenvalue weighted by Crippen LogP contribution is 2.25. The monoisotopic (exact) mass is 306 g/mol. The minimum Gasteiger partial charge on any atom is -0.396 e. The standard InChI is InChI=1S/C17H26N2O3/c1-13-3-5-14(6-4-13)17(22)19-10-15(16(11-19)12-21)9-18(2)7-8-20/h3-6,15-16,20-21H,7-12H2,1-2H3. The summed E-state index contributed by atoms with van der Waals surface area (Å²) in [5.74, 6) is 0.386. The Morgan fingerprint density at radius 3 is 2.45 bits per heavy atom. The zero-order valence-corrected chi connectivity index (χ0v) is 13.4. The van der Waals surface area contributed by atoms with Crippen LogP contribution < -0.4 is 0 Å². The van der Waals surface area contributed by atoms with Gasteiger partial charge < -0.3 is 20.0 Å². The number of carbonyl (C=O) groups is 1. The Morgan fingerprint density at radius 1 is 1.23 bits per heavy atom. The van der Waals surface area contributed by atoms with Crippen molar-refractivity contribution in [1.29, 1.82) is 0 Å². The molecule has 22 heavy (non-hydrogen) atoms. The first-order valence-corrected chi connectivity index (χ1v) is 7.81. The average molecular weight is 306 g/mol. The Hall–Kier alpha value is -1.43. The Kier molecular flexibility index (Phi) is 5.94. The SMILES string of the molecule is Cc1ccc(C(=O)N2CC(CO)C(CN(C)CCO)C2)cc1. The van der Waals surface area contributed by atoms with E-state index in [1.807, 2.05) is 48.0 Å². The van der Waals surface area contributed by atoms with Crippen molar-refractivity contribution in [2.75, 3.05) is 46.4 Å². The number of benzene rings is 1. The molecule has 0 saturated carbocycles. The van der Waals surface area contributed by atoms with Crippen LogP contribution in [0.3, 0.4) is 0 Å². The van der Waals surface area contributed by atoms with Gasteiger partial charge in [-0.05, 0) is 32.0 Å². The van der Waals surface area contributed by atoms with Crippen molar-refractivity contribution in [3.63, 3.8) is 0 Å². The largest absolute Gasteiger partial charge is 0.396 e. The predicted molar refractivity (Wildman–Crippen MR) is 85.7 cm³/mol. The van der Waals surface area contributed by atoms with Crippen LogP contribution in [-0.4, -0.2) is 72.4 Å². The smallest absolute Gasteiger partial charge is 0.253 e. The summed E-state index contributed by atoms with van der Waals surface area (Å²) in [6.07, 6.45) is 0. The first-order chi connectivity index (χ1) is 10.5. The van der Waals surface area contributed by atoms with Crippen molar-refractivity contribution in [3.8, 4) is 0 Å². The molecule has 0 radical (unpaired) electrons. The number of rotatable bonds is 6. The third kappa shape index (κ3) is 4.06. The molecule has 2 N–H and O–H groups in total. The summed E-state index contributed by atoms with van der Waals surface area (Å²) in [5.41, 5.74) is 1.83. The van der Waals surface area contributed by atoms with Crippen LogP contribution in [0, 0.1) is 18.8 Å². The van der Waals surface area contributed by atoms with Gasteiger partial charge in [-0.25, -0.2) is 0 Å². The molecule has 1 aliphatic heterocycles. The predicted octanol–water partition coefficient (Wildman–Crippen LogP) is 0.600. The molecule has 0 aliphatic carbocycles. The number of likely N-dealkylation sites (tertiary alicyclic amines) is 1. The van der Waals surface area contributed by atoms with Gasteiger partial charge in [-0.15, -0.1) is 0 Å². The van der Waals surface area contributed by atoms with E-state index in [1.54, 1.807) is 0 Å². The van der Waals surface area contributed by atoms with Gasteiger partial charge in [0.15, 0.2) is 0 Å². The number of hydrogen-bond donors (Lipinski definition) is 2. The highest BCUT2D eigenvalue weighted by Gasteiger charge is 2.35. The molecule has 0 spiro atoms. The number of aliphatic hydroxyl groups excluding tert-OH is 2. The van der Waals surface area contributed by atoms with E-state index in [2.05, 4.69) is 0 Å². The lowest BCUT2D eigenvalue weighted by atomic mass is 9.96. The van der Waals surface area contributed by atoms with Gasteiger partial charge >= 0.3 is 0 Å². The molecule has 5 heteroatoms. The second-order valence-corrected chi connectivity index (χ2v) is 6.26. The van der Waals surface area contributed by atoms with E-state index >= 15 is 0 Å². The molecular formula is C17H26N2O3. The van der Waals surface area contributed by atoms with Crippen LogP contribution in [0.4, 0.5) is 0 Å². The van der Waals surface area contributed by atoms with E-state index < -0.39 is 0 Å². The normalized spacial score (nSPS) is 21.6. The minimum atomic E-state index is 0.0331. The van der Waals surface area contributed by atoms with Crippen LogP contribution >= 0.6 is 0 Å². The lowest BCUT2D eigenvalue weighted by Crippen LogP contribution is -2.33. The Labute approximate surface area is 132 Å². The van der Waals surface area contributed by atoms with Gasteiger partial charge in [0.05, 0.1) is 6.61 Å². The summed E-state index contributed by atoms with van der Waals surface area (Å²) >= 11 is 0. The quantitative estimate of drug-likeness (QED) is 0.808. The van der Waals surface area contributed by atoms with Crippen LogP contribution in [0.15, 0.2) is 24.3 Å². The van der Waals surface area contributed by atoms with E-state index in [-0.39, 0.29) is 31.0 Å². The van der Waals surface area contributed by atoms with E-state index in [0.717, 1.165) is 12.1 Å². The van der Waals surface area contributed by atoms with E-state index in [4.69, 9.17) is 5.11 Å². The summed E-state index contributed by atoms with van der Waals surface area (Å²) in [5, 5.41) is 18.6. The fourth-order valence-corrected chi connectivity index (χ4v) is 3.06. The number of aryl methyl sites for hydroxylation is 1. The van der Waals surface area contributed by atoms with Crippen molar-refractivity contribution in [2.45, 2.75) is 6.92 Å². The summed E-state index contributed by atoms with van der Waals surface area (Å²) in [6.45, 7) is 4.87. The zero-order chi connectivity index (χ0) is 16.1. The first kappa shape index (κ1) is 16.9. The molecule has 1 aromatic rings. The number of hydrogen-bond acceptors (Lipinski definition) is 4. The average Bonchev–Trinajstić information content (AvgIpc) is 2.90. The van der Waals surface area contributed by atoms with Crippen LogP contribution in [-0.2, 0) is 0 Å². The van der Waals surface area contributed by atoms with Crippen molar-refractivity contribution < 1.29 is 15.0 Å². The van der Waals surface area contributed by atoms with Crippen LogP contribution in [0.25, 0.3) is 0 Å². The number of amides is 1. The summed E-state index contributed by atoms with van der Waals surface area (Å²) < 4.78 is 0. The van der Waals surface area contributed by atoms with Crippen LogP contribution in [0.5, 0.6) is 0 Å². The third-order valence-electron chi connectivity index (χ3n) is 4.42. The summed E-state index contributed by atoms with van der Waals surface area (Å²) in [7, 11) is 1.95. The van der Waals surface area contributed by atoms with Gasteiger partial charge in [-0.2, -0.15) is 0 Å². The molecule has 1 fully saturated rings. The molecule has 1 aromatic carbocycles. The van der Waals surface area contributed by atoms with Crippen molar-refractivity contribution in [2.24, 2.45) is 11.8 Å². The van der Waals surface area contributed by atoms with Gasteiger partial charge in [0.2, 0.25) is 0 Å². The van der Waals surface area contributed by atoms with Crippen molar-refractivity contribution in [3.05, 3.63) is 35.4 Å². The second-order valence-electron chi connectivity index (χ2n) is 6.26. The van der Waals surface area contributed by atoms with Crippen LogP contribution in [0.1, 0.15) is 15.9 Å². The topological polar surface area (TPSA) is 64.0 Å². The van der Waals surface area contributed by atoms with Crippen LogP contribution in [0.2, 0.25) is 0 Å². The molecule has 1 amide bonds. The molecule has 0 aromatic heterocycles. The Balaban J connectivity index is 2.01. The molecule has 122 valence electrons. The van der Waals surface area contributed by atoms with E-state index in [0.29, 0.717) is 25.2 Å². The lowest BCUT2D eigenvalue weighted by molar-refractivity contribution is 0.0779. The highest BCUT2D eigenvalue weighted by molar-refractivity contribution is 5.94. The van der Waals surface area contributed by atoms with Gasteiger partial charge in [0, 0.05) is 44.3 Å². The van der Waals surface area contributed by atoms with E-state index in [1.165, 1.54) is 0 Å². The van der Waals surface area contributed by atoms with Crippen molar-refractivity contribution in [1.82, 2.24) is 9.80 Å². The highest BCUT2D eigenvalue weighted by atomic mass is 16.3. The Morgan fingerprint density at radius 2 is 1.86 bits per heavy atom. The van der Waals surface area contributed by atoms with Gasteiger partial charge in [0.25, 0.3) is 5.91 Å². The maximum absolute atomic E-state index is 12.6. The maximum Gasteiger partial charge on any atom is 0.253 e. The molecule has 1 heterocycles. The van der Waals surface area contributed by atoms with Gasteiger partial charge in [0.1, 0.15) is 0 Å². The Bertz CT molecular complexity index is 489. The summed E-state index contributed by atoms with van der Waals surface area (Å²) in [4.78, 5) is 16.5. The molecule has 5 nitrogen and oxygen atoms in total. The fourth-order valence-electron chi connectivity index (χ4n) is 3.06. The molecule has 0 bridgehead atoms. The fraction of sp³-hybridized carbons (Fsp3) is 0.588. The molecule has 2 atom stereocenters. The van der Waals surface area contributed by atoms with Gasteiger partial charge in [-0.1, -0.05) is 17.7 Å². The molecule has 1 aliphatic rings.